The summed E-state index contributed by atoms with van der Waals surface area (Å²) in [5.74, 6) is 0.0103. The maximum Gasteiger partial charge on any atom is 0.253 e. The Morgan fingerprint density at radius 2 is 1.83 bits per heavy atom. The normalized spacial score (nSPS) is 23.7. The molecule has 0 aromatic heterocycles. The van der Waals surface area contributed by atoms with E-state index in [0.717, 1.165) is 31.6 Å². The molecule has 2 amide bonds. The van der Waals surface area contributed by atoms with E-state index >= 15 is 0 Å². The Bertz CT molecular complexity index is 582. The van der Waals surface area contributed by atoms with E-state index in [1.807, 2.05) is 18.7 Å². The lowest BCUT2D eigenvalue weighted by Crippen LogP contribution is -2.39. The average Bonchev–Trinajstić information content (AvgIpc) is 2.86. The van der Waals surface area contributed by atoms with Crippen LogP contribution in [-0.2, 0) is 4.79 Å². The van der Waals surface area contributed by atoms with E-state index in [1.54, 1.807) is 24.3 Å². The number of amides is 2. The van der Waals surface area contributed by atoms with Gasteiger partial charge in [-0.15, -0.1) is 0 Å². The van der Waals surface area contributed by atoms with Crippen LogP contribution < -0.4 is 10.6 Å². The number of nitrogens with zero attached hydrogens (tertiary/aromatic N) is 1. The summed E-state index contributed by atoms with van der Waals surface area (Å²) >= 11 is 0. The lowest BCUT2D eigenvalue weighted by atomic mass is 10.1. The Labute approximate surface area is 137 Å². The third-order valence-corrected chi connectivity index (χ3v) is 4.73. The second-order valence-corrected chi connectivity index (χ2v) is 6.90. The van der Waals surface area contributed by atoms with E-state index in [9.17, 15) is 9.59 Å². The molecular formula is C18H25N3O2. The van der Waals surface area contributed by atoms with E-state index in [2.05, 4.69) is 10.6 Å². The van der Waals surface area contributed by atoms with Gasteiger partial charge in [0.25, 0.3) is 5.91 Å². The average molecular weight is 315 g/mol. The number of anilines is 1. The number of benzene rings is 1. The van der Waals surface area contributed by atoms with E-state index in [1.165, 1.54) is 6.42 Å². The first-order valence-corrected chi connectivity index (χ1v) is 8.49. The fraction of sp³-hybridized carbons (Fsp3) is 0.556. The van der Waals surface area contributed by atoms with Crippen LogP contribution in [0.1, 0.15) is 43.5 Å². The molecule has 1 aromatic rings. The largest absolute Gasteiger partial charge is 0.337 e. The van der Waals surface area contributed by atoms with Crippen LogP contribution >= 0.6 is 0 Å². The standard InChI is InChI=1S/C18H25N3O2/c1-12(2)17(22)20-14-5-3-13(4-6-14)18(23)21-10-9-15-7-8-16(11-21)19-15/h3-6,12,15-16,19H,7-11H2,1-2H3,(H,20,22). The minimum Gasteiger partial charge on any atom is -0.337 e. The Kier molecular flexibility index (Phi) is 4.66. The van der Waals surface area contributed by atoms with Crippen molar-refractivity contribution in [1.29, 1.82) is 0 Å². The molecule has 2 aliphatic heterocycles. The van der Waals surface area contributed by atoms with Gasteiger partial charge in [0.2, 0.25) is 5.91 Å². The summed E-state index contributed by atoms with van der Waals surface area (Å²) in [6.45, 7) is 5.32. The van der Waals surface area contributed by atoms with Crippen molar-refractivity contribution in [1.82, 2.24) is 10.2 Å². The van der Waals surface area contributed by atoms with Gasteiger partial charge in [0.15, 0.2) is 0 Å². The quantitative estimate of drug-likeness (QED) is 0.899. The van der Waals surface area contributed by atoms with E-state index in [-0.39, 0.29) is 17.7 Å². The van der Waals surface area contributed by atoms with Gasteiger partial charge in [0.1, 0.15) is 0 Å². The number of rotatable bonds is 3. The molecule has 2 bridgehead atoms. The smallest absolute Gasteiger partial charge is 0.253 e. The lowest BCUT2D eigenvalue weighted by Gasteiger charge is -2.24. The van der Waals surface area contributed by atoms with E-state index in [0.29, 0.717) is 17.6 Å². The molecule has 2 fully saturated rings. The van der Waals surface area contributed by atoms with Crippen LogP contribution in [0.5, 0.6) is 0 Å². The van der Waals surface area contributed by atoms with Gasteiger partial charge in [-0.25, -0.2) is 0 Å². The van der Waals surface area contributed by atoms with Gasteiger partial charge in [0.05, 0.1) is 0 Å². The molecule has 1 aromatic carbocycles. The Morgan fingerprint density at radius 1 is 1.13 bits per heavy atom. The zero-order chi connectivity index (χ0) is 16.4. The highest BCUT2D eigenvalue weighted by molar-refractivity contribution is 5.96. The second kappa shape index (κ2) is 6.71. The number of carbonyl (C=O) groups is 2. The molecule has 0 aliphatic carbocycles. The SMILES string of the molecule is CC(C)C(=O)Nc1ccc(C(=O)N2CCC3CCC(C2)N3)cc1. The molecule has 3 rings (SSSR count). The molecule has 2 aliphatic rings. The van der Waals surface area contributed by atoms with Crippen LogP contribution in [0.15, 0.2) is 24.3 Å². The van der Waals surface area contributed by atoms with Gasteiger partial charge in [0, 0.05) is 42.3 Å². The van der Waals surface area contributed by atoms with E-state index in [4.69, 9.17) is 0 Å². The second-order valence-electron chi connectivity index (χ2n) is 6.90. The molecule has 0 saturated carbocycles. The van der Waals surface area contributed by atoms with Crippen LogP contribution in [-0.4, -0.2) is 41.9 Å². The fourth-order valence-electron chi connectivity index (χ4n) is 3.29. The third kappa shape index (κ3) is 3.72. The summed E-state index contributed by atoms with van der Waals surface area (Å²) < 4.78 is 0. The molecule has 2 heterocycles. The number of hydrogen-bond donors (Lipinski definition) is 2. The predicted octanol–water partition coefficient (Wildman–Crippen LogP) is 2.25. The van der Waals surface area contributed by atoms with Crippen LogP contribution in [0, 0.1) is 5.92 Å². The number of fused-ring (bicyclic) bond motifs is 2. The highest BCUT2D eigenvalue weighted by atomic mass is 16.2. The lowest BCUT2D eigenvalue weighted by molar-refractivity contribution is -0.118. The Hall–Kier alpha value is -1.88. The molecule has 2 unspecified atom stereocenters. The molecule has 2 N–H and O–H groups in total. The molecule has 5 heteroatoms. The van der Waals surface area contributed by atoms with Crippen molar-refractivity contribution in [2.75, 3.05) is 18.4 Å². The van der Waals surface area contributed by atoms with Crippen molar-refractivity contribution in [3.8, 4) is 0 Å². The third-order valence-electron chi connectivity index (χ3n) is 4.73. The first kappa shape index (κ1) is 16.0. The number of carbonyl (C=O) groups excluding carboxylic acids is 2. The van der Waals surface area contributed by atoms with Crippen molar-refractivity contribution in [3.05, 3.63) is 29.8 Å². The van der Waals surface area contributed by atoms with Crippen LogP contribution in [0.25, 0.3) is 0 Å². The molecule has 124 valence electrons. The Balaban J connectivity index is 1.64. The summed E-state index contributed by atoms with van der Waals surface area (Å²) in [6, 6.07) is 8.22. The Morgan fingerprint density at radius 3 is 2.52 bits per heavy atom. The van der Waals surface area contributed by atoms with Crippen LogP contribution in [0.3, 0.4) is 0 Å². The minimum absolute atomic E-state index is 0.0151. The maximum absolute atomic E-state index is 12.7. The molecule has 0 radical (unpaired) electrons. The molecule has 2 atom stereocenters. The van der Waals surface area contributed by atoms with Crippen molar-refractivity contribution in [3.63, 3.8) is 0 Å². The first-order valence-electron chi connectivity index (χ1n) is 8.49. The predicted molar refractivity (Wildman–Crippen MR) is 90.4 cm³/mol. The fourth-order valence-corrected chi connectivity index (χ4v) is 3.29. The molecule has 23 heavy (non-hydrogen) atoms. The number of likely N-dealkylation sites (tertiary alicyclic amines) is 1. The highest BCUT2D eigenvalue weighted by Gasteiger charge is 2.31. The summed E-state index contributed by atoms with van der Waals surface area (Å²) in [5, 5.41) is 6.43. The van der Waals surface area contributed by atoms with Crippen molar-refractivity contribution in [2.45, 2.75) is 45.2 Å². The van der Waals surface area contributed by atoms with Gasteiger partial charge in [-0.05, 0) is 43.5 Å². The minimum atomic E-state index is -0.0590. The van der Waals surface area contributed by atoms with Crippen molar-refractivity contribution in [2.24, 2.45) is 5.92 Å². The number of hydrogen-bond acceptors (Lipinski definition) is 3. The molecular weight excluding hydrogens is 290 g/mol. The topological polar surface area (TPSA) is 61.4 Å². The number of nitrogens with one attached hydrogen (secondary N) is 2. The van der Waals surface area contributed by atoms with Crippen LogP contribution in [0.2, 0.25) is 0 Å². The summed E-state index contributed by atoms with van der Waals surface area (Å²) in [4.78, 5) is 26.3. The van der Waals surface area contributed by atoms with Gasteiger partial charge in [-0.3, -0.25) is 9.59 Å². The molecule has 2 saturated heterocycles. The summed E-state index contributed by atoms with van der Waals surface area (Å²) in [6.07, 6.45) is 3.43. The molecule has 5 nitrogen and oxygen atoms in total. The van der Waals surface area contributed by atoms with Crippen molar-refractivity contribution < 1.29 is 9.59 Å². The zero-order valence-electron chi connectivity index (χ0n) is 13.8. The van der Waals surface area contributed by atoms with Gasteiger partial charge >= 0.3 is 0 Å². The summed E-state index contributed by atoms with van der Waals surface area (Å²) in [5.41, 5.74) is 1.42. The monoisotopic (exact) mass is 315 g/mol. The van der Waals surface area contributed by atoms with Gasteiger partial charge in [-0.2, -0.15) is 0 Å². The highest BCUT2D eigenvalue weighted by Crippen LogP contribution is 2.22. The summed E-state index contributed by atoms with van der Waals surface area (Å²) in [7, 11) is 0. The molecule has 0 spiro atoms. The van der Waals surface area contributed by atoms with Gasteiger partial charge in [-0.1, -0.05) is 13.8 Å². The maximum atomic E-state index is 12.7. The zero-order valence-corrected chi connectivity index (χ0v) is 13.8. The first-order chi connectivity index (χ1) is 11.0. The van der Waals surface area contributed by atoms with Crippen molar-refractivity contribution >= 4 is 17.5 Å². The van der Waals surface area contributed by atoms with Crippen LogP contribution in [0.4, 0.5) is 5.69 Å². The van der Waals surface area contributed by atoms with Gasteiger partial charge < -0.3 is 15.5 Å². The van der Waals surface area contributed by atoms with E-state index < -0.39 is 0 Å².